The lowest BCUT2D eigenvalue weighted by atomic mass is 10.6. The molecular weight excluding hydrogens is 176 g/mol. The molecule has 0 amide bonds. The molecule has 0 saturated heterocycles. The normalized spacial score (nSPS) is 9.08. The summed E-state index contributed by atoms with van der Waals surface area (Å²) in [5, 5.41) is 2.71. The number of methoxy groups -OCH3 is 1. The number of nitrogens with one attached hydrogen (secondary N) is 1. The maximum Gasteiger partial charge on any atom is 0.232 e. The quantitative estimate of drug-likeness (QED) is 0.637. The van der Waals surface area contributed by atoms with Crippen LogP contribution in [0.2, 0.25) is 0 Å². The highest BCUT2D eigenvalue weighted by Crippen LogP contribution is 2.06. The number of rotatable bonds is 2. The van der Waals surface area contributed by atoms with Crippen LogP contribution in [0, 0.1) is 0 Å². The second kappa shape index (κ2) is 3.82. The highest BCUT2D eigenvalue weighted by molar-refractivity contribution is 7.80. The highest BCUT2D eigenvalue weighted by Gasteiger charge is 1.97. The Morgan fingerprint density at radius 1 is 1.75 bits per heavy atom. The van der Waals surface area contributed by atoms with Crippen molar-refractivity contribution in [3.63, 3.8) is 0 Å². The molecule has 0 radical (unpaired) electrons. The maximum atomic E-state index is 5.22. The first-order valence-electron chi connectivity index (χ1n) is 3.16. The van der Waals surface area contributed by atoms with Crippen molar-refractivity contribution in [1.29, 1.82) is 0 Å². The molecule has 3 N–H and O–H groups in total. The van der Waals surface area contributed by atoms with Crippen molar-refractivity contribution >= 4 is 23.3 Å². The molecule has 0 atom stereocenters. The highest BCUT2D eigenvalue weighted by atomic mass is 32.1. The number of hydrogen-bond acceptors (Lipinski definition) is 4. The van der Waals surface area contributed by atoms with Crippen LogP contribution in [0.15, 0.2) is 12.3 Å². The van der Waals surface area contributed by atoms with E-state index in [9.17, 15) is 0 Å². The summed E-state index contributed by atoms with van der Waals surface area (Å²) in [5.41, 5.74) is 5.22. The van der Waals surface area contributed by atoms with Crippen molar-refractivity contribution in [1.82, 2.24) is 9.97 Å². The third-order valence-electron chi connectivity index (χ3n) is 1.07. The topological polar surface area (TPSA) is 73.1 Å². The molecule has 1 heterocycles. The molecular formula is C6H8N4OS. The van der Waals surface area contributed by atoms with Gasteiger partial charge in [-0.3, -0.25) is 0 Å². The molecule has 5 nitrogen and oxygen atoms in total. The fourth-order valence-electron chi connectivity index (χ4n) is 0.626. The predicted molar refractivity (Wildman–Crippen MR) is 49.0 cm³/mol. The van der Waals surface area contributed by atoms with Crippen LogP contribution in [0.25, 0.3) is 0 Å². The summed E-state index contributed by atoms with van der Waals surface area (Å²) in [6.07, 6.45) is 1.55. The Balaban J connectivity index is 2.79. The summed E-state index contributed by atoms with van der Waals surface area (Å²) in [7, 11) is 1.52. The van der Waals surface area contributed by atoms with Crippen LogP contribution >= 0.6 is 12.2 Å². The zero-order valence-corrected chi connectivity index (χ0v) is 7.26. The van der Waals surface area contributed by atoms with Crippen LogP contribution in [0.5, 0.6) is 5.88 Å². The van der Waals surface area contributed by atoms with Crippen LogP contribution < -0.4 is 15.8 Å². The molecule has 0 aliphatic carbocycles. The lowest BCUT2D eigenvalue weighted by Crippen LogP contribution is -2.20. The van der Waals surface area contributed by atoms with Crippen molar-refractivity contribution in [3.05, 3.63) is 12.3 Å². The monoisotopic (exact) mass is 184 g/mol. The summed E-state index contributed by atoms with van der Waals surface area (Å²) in [4.78, 5) is 7.78. The minimum absolute atomic E-state index is 0.128. The standard InChI is InChI=1S/C6H8N4OS/c1-11-4-2-3-8-6(9-4)10-5(7)12/h2-3H,1H3,(H3,7,8,9,10,12). The fourth-order valence-corrected chi connectivity index (χ4v) is 0.718. The van der Waals surface area contributed by atoms with Gasteiger partial charge in [-0.25, -0.2) is 4.98 Å². The van der Waals surface area contributed by atoms with Gasteiger partial charge in [0.15, 0.2) is 5.11 Å². The Labute approximate surface area is 75.0 Å². The molecule has 1 aromatic rings. The van der Waals surface area contributed by atoms with Gasteiger partial charge in [-0.05, 0) is 12.2 Å². The average molecular weight is 184 g/mol. The molecule has 6 heteroatoms. The van der Waals surface area contributed by atoms with E-state index in [2.05, 4.69) is 27.5 Å². The minimum atomic E-state index is 0.128. The molecule has 0 bridgehead atoms. The molecule has 0 fully saturated rings. The van der Waals surface area contributed by atoms with Crippen molar-refractivity contribution in [2.75, 3.05) is 12.4 Å². The Morgan fingerprint density at radius 2 is 2.50 bits per heavy atom. The molecule has 1 rings (SSSR count). The molecule has 0 aromatic carbocycles. The van der Waals surface area contributed by atoms with E-state index in [0.29, 0.717) is 11.8 Å². The van der Waals surface area contributed by atoms with Crippen LogP contribution in [0.3, 0.4) is 0 Å². The van der Waals surface area contributed by atoms with E-state index in [-0.39, 0.29) is 5.11 Å². The SMILES string of the molecule is COc1ccnc(NC(N)=S)n1. The van der Waals surface area contributed by atoms with Crippen molar-refractivity contribution in [3.8, 4) is 5.88 Å². The van der Waals surface area contributed by atoms with E-state index in [4.69, 9.17) is 10.5 Å². The third kappa shape index (κ3) is 2.31. The van der Waals surface area contributed by atoms with E-state index < -0.39 is 0 Å². The van der Waals surface area contributed by atoms with Gasteiger partial charge < -0.3 is 15.8 Å². The van der Waals surface area contributed by atoms with Gasteiger partial charge in [0.25, 0.3) is 0 Å². The van der Waals surface area contributed by atoms with Gasteiger partial charge in [0, 0.05) is 12.3 Å². The van der Waals surface area contributed by atoms with Gasteiger partial charge in [-0.15, -0.1) is 0 Å². The number of hydrogen-bond donors (Lipinski definition) is 2. The number of nitrogens with zero attached hydrogens (tertiary/aromatic N) is 2. The number of anilines is 1. The summed E-state index contributed by atoms with van der Waals surface area (Å²) in [6, 6.07) is 1.63. The second-order valence-electron chi connectivity index (χ2n) is 1.91. The smallest absolute Gasteiger partial charge is 0.232 e. The van der Waals surface area contributed by atoms with Crippen LogP contribution in [-0.4, -0.2) is 22.2 Å². The number of ether oxygens (including phenoxy) is 1. The molecule has 1 aromatic heterocycles. The van der Waals surface area contributed by atoms with E-state index in [0.717, 1.165) is 0 Å². The zero-order chi connectivity index (χ0) is 8.97. The molecule has 0 saturated carbocycles. The number of nitrogens with two attached hydrogens (primary N) is 1. The summed E-state index contributed by atoms with van der Waals surface area (Å²) in [5.74, 6) is 0.797. The molecule has 0 spiro atoms. The maximum absolute atomic E-state index is 5.22. The first-order chi connectivity index (χ1) is 5.72. The van der Waals surface area contributed by atoms with E-state index in [1.807, 2.05) is 0 Å². The minimum Gasteiger partial charge on any atom is -0.481 e. The average Bonchev–Trinajstić information content (AvgIpc) is 2.03. The van der Waals surface area contributed by atoms with Crippen molar-refractivity contribution < 1.29 is 4.74 Å². The summed E-state index contributed by atoms with van der Waals surface area (Å²) < 4.78 is 4.86. The molecule has 0 unspecified atom stereocenters. The van der Waals surface area contributed by atoms with E-state index >= 15 is 0 Å². The molecule has 0 aliphatic heterocycles. The number of thiocarbonyl (C=S) groups is 1. The zero-order valence-electron chi connectivity index (χ0n) is 6.44. The third-order valence-corrected chi connectivity index (χ3v) is 1.18. The second-order valence-corrected chi connectivity index (χ2v) is 2.35. The Bertz CT molecular complexity index is 291. The Morgan fingerprint density at radius 3 is 3.08 bits per heavy atom. The van der Waals surface area contributed by atoms with E-state index in [1.165, 1.54) is 7.11 Å². The lowest BCUT2D eigenvalue weighted by Gasteiger charge is -2.02. The van der Waals surface area contributed by atoms with Crippen molar-refractivity contribution in [2.45, 2.75) is 0 Å². The summed E-state index contributed by atoms with van der Waals surface area (Å²) in [6.45, 7) is 0. The van der Waals surface area contributed by atoms with Gasteiger partial charge in [0.2, 0.25) is 11.8 Å². The van der Waals surface area contributed by atoms with Gasteiger partial charge >= 0.3 is 0 Å². The van der Waals surface area contributed by atoms with Crippen molar-refractivity contribution in [2.24, 2.45) is 5.73 Å². The first kappa shape index (κ1) is 8.66. The van der Waals surface area contributed by atoms with Crippen LogP contribution in [0.1, 0.15) is 0 Å². The summed E-state index contributed by atoms with van der Waals surface area (Å²) >= 11 is 4.60. The van der Waals surface area contributed by atoms with Crippen LogP contribution in [0.4, 0.5) is 5.95 Å². The van der Waals surface area contributed by atoms with Gasteiger partial charge in [0.05, 0.1) is 7.11 Å². The first-order valence-corrected chi connectivity index (χ1v) is 3.56. The predicted octanol–water partition coefficient (Wildman–Crippen LogP) is 0.141. The van der Waals surface area contributed by atoms with Gasteiger partial charge in [0.1, 0.15) is 0 Å². The Hall–Kier alpha value is -1.43. The largest absolute Gasteiger partial charge is 0.481 e. The molecule has 0 aliphatic rings. The van der Waals surface area contributed by atoms with Gasteiger partial charge in [-0.1, -0.05) is 0 Å². The molecule has 12 heavy (non-hydrogen) atoms. The lowest BCUT2D eigenvalue weighted by molar-refractivity contribution is 0.397. The van der Waals surface area contributed by atoms with Gasteiger partial charge in [-0.2, -0.15) is 4.98 Å². The fraction of sp³-hybridized carbons (Fsp3) is 0.167. The van der Waals surface area contributed by atoms with E-state index in [1.54, 1.807) is 12.3 Å². The van der Waals surface area contributed by atoms with Crippen LogP contribution in [-0.2, 0) is 0 Å². The molecule has 64 valence electrons. The Kier molecular flexibility index (Phi) is 2.76. The number of aromatic nitrogens is 2.